The van der Waals surface area contributed by atoms with Crippen molar-refractivity contribution in [1.82, 2.24) is 9.88 Å². The molecule has 0 radical (unpaired) electrons. The molecule has 0 spiro atoms. The Morgan fingerprint density at radius 2 is 2.27 bits per heavy atom. The summed E-state index contributed by atoms with van der Waals surface area (Å²) in [6, 6.07) is 5.45. The molecule has 1 aliphatic heterocycles. The van der Waals surface area contributed by atoms with Gasteiger partial charge in [-0.2, -0.15) is 0 Å². The zero-order valence-electron chi connectivity index (χ0n) is 12.2. The van der Waals surface area contributed by atoms with Crippen molar-refractivity contribution < 1.29 is 14.0 Å². The summed E-state index contributed by atoms with van der Waals surface area (Å²) in [5, 5.41) is 2.82. The van der Waals surface area contributed by atoms with E-state index in [0.717, 1.165) is 30.7 Å². The minimum atomic E-state index is -0.184. The van der Waals surface area contributed by atoms with Crippen molar-refractivity contribution in [2.24, 2.45) is 0 Å². The summed E-state index contributed by atoms with van der Waals surface area (Å²) >= 11 is 0. The quantitative estimate of drug-likeness (QED) is 0.939. The summed E-state index contributed by atoms with van der Waals surface area (Å²) in [7, 11) is 0. The van der Waals surface area contributed by atoms with E-state index < -0.39 is 0 Å². The van der Waals surface area contributed by atoms with E-state index in [1.165, 1.54) is 0 Å². The van der Waals surface area contributed by atoms with Gasteiger partial charge in [0.15, 0.2) is 11.5 Å². The fraction of sp³-hybridized carbons (Fsp3) is 0.438. The van der Waals surface area contributed by atoms with E-state index >= 15 is 0 Å². The number of amides is 2. The summed E-state index contributed by atoms with van der Waals surface area (Å²) in [5.74, 6) is 1.12. The molecule has 2 fully saturated rings. The molecule has 2 amide bonds. The van der Waals surface area contributed by atoms with Gasteiger partial charge in [0.05, 0.1) is 6.54 Å². The Morgan fingerprint density at radius 3 is 3.00 bits per heavy atom. The lowest BCUT2D eigenvalue weighted by Gasteiger charge is -2.14. The molecule has 4 rings (SSSR count). The number of rotatable bonds is 4. The number of oxazole rings is 1. The lowest BCUT2D eigenvalue weighted by molar-refractivity contribution is -0.131. The Balaban J connectivity index is 1.46. The van der Waals surface area contributed by atoms with Crippen molar-refractivity contribution in [2.75, 3.05) is 18.4 Å². The summed E-state index contributed by atoms with van der Waals surface area (Å²) < 4.78 is 5.74. The normalized spacial score (nSPS) is 18.2. The van der Waals surface area contributed by atoms with E-state index in [-0.39, 0.29) is 18.4 Å². The molecule has 6 nitrogen and oxygen atoms in total. The van der Waals surface area contributed by atoms with Crippen LogP contribution in [0.2, 0.25) is 0 Å². The average Bonchev–Trinajstić information content (AvgIpc) is 3.14. The molecular weight excluding hydrogens is 282 g/mol. The molecule has 1 aromatic heterocycles. The van der Waals surface area contributed by atoms with E-state index in [1.54, 1.807) is 11.0 Å². The zero-order chi connectivity index (χ0) is 15.1. The molecule has 0 atom stereocenters. The van der Waals surface area contributed by atoms with Crippen molar-refractivity contribution in [3.05, 3.63) is 24.1 Å². The highest BCUT2D eigenvalue weighted by molar-refractivity contribution is 5.96. The maximum Gasteiger partial charge on any atom is 0.243 e. The van der Waals surface area contributed by atoms with Crippen LogP contribution in [0.4, 0.5) is 5.69 Å². The fourth-order valence-electron chi connectivity index (χ4n) is 2.77. The highest BCUT2D eigenvalue weighted by Gasteiger charge is 2.29. The molecule has 22 heavy (non-hydrogen) atoms. The molecule has 1 aliphatic carbocycles. The molecular formula is C16H17N3O3. The summed E-state index contributed by atoms with van der Waals surface area (Å²) in [6.45, 7) is 0.777. The zero-order valence-corrected chi connectivity index (χ0v) is 12.2. The number of likely N-dealkylation sites (tertiary alicyclic amines) is 1. The minimum Gasteiger partial charge on any atom is -0.440 e. The number of fused-ring (bicyclic) bond motifs is 1. The monoisotopic (exact) mass is 299 g/mol. The van der Waals surface area contributed by atoms with Gasteiger partial charge in [0.25, 0.3) is 0 Å². The van der Waals surface area contributed by atoms with Gasteiger partial charge in [-0.25, -0.2) is 4.98 Å². The lowest BCUT2D eigenvalue weighted by atomic mass is 10.3. The summed E-state index contributed by atoms with van der Waals surface area (Å²) in [5.41, 5.74) is 2.18. The number of nitrogens with one attached hydrogen (secondary N) is 1. The standard InChI is InChI=1S/C16H17N3O3/c20-14(9-19-7-1-2-15(19)21)17-11-5-6-12-13(8-11)22-16(18-12)10-3-4-10/h5-6,8,10H,1-4,7,9H2,(H,17,20). The van der Waals surface area contributed by atoms with Crippen molar-refractivity contribution in [3.8, 4) is 0 Å². The van der Waals surface area contributed by atoms with E-state index in [2.05, 4.69) is 10.3 Å². The summed E-state index contributed by atoms with van der Waals surface area (Å²) in [6.07, 6.45) is 3.65. The Hall–Kier alpha value is -2.37. The van der Waals surface area contributed by atoms with E-state index in [1.807, 2.05) is 12.1 Å². The van der Waals surface area contributed by atoms with Crippen molar-refractivity contribution in [2.45, 2.75) is 31.6 Å². The van der Waals surface area contributed by atoms with Crippen LogP contribution in [0.5, 0.6) is 0 Å². The SMILES string of the molecule is O=C(CN1CCCC1=O)Nc1ccc2nc(C3CC3)oc2c1. The molecule has 1 saturated heterocycles. The molecule has 1 saturated carbocycles. The number of carbonyl (C=O) groups excluding carboxylic acids is 2. The predicted octanol–water partition coefficient (Wildman–Crippen LogP) is 2.27. The topological polar surface area (TPSA) is 75.4 Å². The molecule has 0 bridgehead atoms. The number of aromatic nitrogens is 1. The summed E-state index contributed by atoms with van der Waals surface area (Å²) in [4.78, 5) is 29.6. The Morgan fingerprint density at radius 1 is 1.41 bits per heavy atom. The largest absolute Gasteiger partial charge is 0.440 e. The van der Waals surface area contributed by atoms with Gasteiger partial charge < -0.3 is 14.6 Å². The van der Waals surface area contributed by atoms with Gasteiger partial charge in [-0.05, 0) is 31.4 Å². The van der Waals surface area contributed by atoms with Crippen molar-refractivity contribution in [3.63, 3.8) is 0 Å². The van der Waals surface area contributed by atoms with Crippen LogP contribution in [0.25, 0.3) is 11.1 Å². The minimum absolute atomic E-state index is 0.0508. The third-order valence-electron chi connectivity index (χ3n) is 4.12. The van der Waals surface area contributed by atoms with Gasteiger partial charge in [0.2, 0.25) is 11.8 Å². The Labute approximate surface area is 127 Å². The van der Waals surface area contributed by atoms with Gasteiger partial charge >= 0.3 is 0 Å². The third kappa shape index (κ3) is 2.56. The number of hydrogen-bond acceptors (Lipinski definition) is 4. The van der Waals surface area contributed by atoms with Crippen LogP contribution >= 0.6 is 0 Å². The van der Waals surface area contributed by atoms with Crippen molar-refractivity contribution in [1.29, 1.82) is 0 Å². The van der Waals surface area contributed by atoms with E-state index in [0.29, 0.717) is 30.2 Å². The maximum absolute atomic E-state index is 12.0. The van der Waals surface area contributed by atoms with E-state index in [4.69, 9.17) is 4.42 Å². The van der Waals surface area contributed by atoms with Gasteiger partial charge in [-0.1, -0.05) is 0 Å². The Kier molecular flexibility index (Phi) is 3.10. The van der Waals surface area contributed by atoms with Crippen LogP contribution in [0.1, 0.15) is 37.5 Å². The number of benzene rings is 1. The lowest BCUT2D eigenvalue weighted by Crippen LogP contribution is -2.33. The van der Waals surface area contributed by atoms with Crippen LogP contribution in [-0.4, -0.2) is 34.8 Å². The molecule has 2 aromatic rings. The van der Waals surface area contributed by atoms with Crippen LogP contribution in [0.15, 0.2) is 22.6 Å². The second kappa shape index (κ2) is 5.12. The number of nitrogens with zero attached hydrogens (tertiary/aromatic N) is 2. The molecule has 6 heteroatoms. The van der Waals surface area contributed by atoms with Crippen LogP contribution < -0.4 is 5.32 Å². The highest BCUT2D eigenvalue weighted by atomic mass is 16.3. The molecule has 1 aromatic carbocycles. The Bertz CT molecular complexity index is 748. The van der Waals surface area contributed by atoms with Crippen LogP contribution in [0.3, 0.4) is 0 Å². The van der Waals surface area contributed by atoms with Gasteiger partial charge in [0, 0.05) is 30.6 Å². The first-order chi connectivity index (χ1) is 10.7. The third-order valence-corrected chi connectivity index (χ3v) is 4.12. The first-order valence-electron chi connectivity index (χ1n) is 7.67. The molecule has 2 heterocycles. The first-order valence-corrected chi connectivity index (χ1v) is 7.67. The van der Waals surface area contributed by atoms with E-state index in [9.17, 15) is 9.59 Å². The highest BCUT2D eigenvalue weighted by Crippen LogP contribution is 2.40. The number of anilines is 1. The smallest absolute Gasteiger partial charge is 0.243 e. The van der Waals surface area contributed by atoms with Gasteiger partial charge in [-0.3, -0.25) is 9.59 Å². The molecule has 0 unspecified atom stereocenters. The second-order valence-corrected chi connectivity index (χ2v) is 5.98. The van der Waals surface area contributed by atoms with Crippen LogP contribution in [-0.2, 0) is 9.59 Å². The van der Waals surface area contributed by atoms with Gasteiger partial charge in [0.1, 0.15) is 5.52 Å². The van der Waals surface area contributed by atoms with Gasteiger partial charge in [-0.15, -0.1) is 0 Å². The number of carbonyl (C=O) groups is 2. The van der Waals surface area contributed by atoms with Crippen molar-refractivity contribution >= 4 is 28.6 Å². The molecule has 114 valence electrons. The molecule has 2 aliphatic rings. The van der Waals surface area contributed by atoms with Crippen LogP contribution in [0, 0.1) is 0 Å². The average molecular weight is 299 g/mol. The second-order valence-electron chi connectivity index (χ2n) is 5.98. The molecule has 1 N–H and O–H groups in total. The predicted molar refractivity (Wildman–Crippen MR) is 80.4 cm³/mol. The fourth-order valence-corrected chi connectivity index (χ4v) is 2.77. The first kappa shape index (κ1) is 13.3. The number of hydrogen-bond donors (Lipinski definition) is 1. The maximum atomic E-state index is 12.0.